The van der Waals surface area contributed by atoms with Crippen LogP contribution in [0.5, 0.6) is 0 Å². The molecular weight excluding hydrogens is 341 g/mol. The van der Waals surface area contributed by atoms with Crippen molar-refractivity contribution in [2.24, 2.45) is 0 Å². The molecule has 1 aromatic carbocycles. The van der Waals surface area contributed by atoms with Gasteiger partial charge >= 0.3 is 0 Å². The molecule has 1 saturated heterocycles. The Balaban J connectivity index is 1.68. The van der Waals surface area contributed by atoms with Crippen LogP contribution in [-0.2, 0) is 4.74 Å². The number of nitrogens with one attached hydrogen (secondary N) is 1. The molecule has 0 spiro atoms. The molecule has 2 heterocycles. The SMILES string of the molecule is CCOCCCC1=C(CN2CCCC2)CN(c2ccc(F)cc2Cl)N1. The summed E-state index contributed by atoms with van der Waals surface area (Å²) >= 11 is 6.25. The summed E-state index contributed by atoms with van der Waals surface area (Å²) in [5.74, 6) is -0.310. The van der Waals surface area contributed by atoms with E-state index < -0.39 is 0 Å². The van der Waals surface area contributed by atoms with Gasteiger partial charge in [-0.1, -0.05) is 11.6 Å². The molecule has 0 saturated carbocycles. The molecule has 0 unspecified atom stereocenters. The molecule has 0 amide bonds. The number of nitrogens with zero attached hydrogens (tertiary/aromatic N) is 2. The minimum atomic E-state index is -0.310. The smallest absolute Gasteiger partial charge is 0.124 e. The van der Waals surface area contributed by atoms with E-state index in [2.05, 4.69) is 10.3 Å². The third-order valence-corrected chi connectivity index (χ3v) is 5.08. The molecule has 0 aromatic heterocycles. The number of hydrogen-bond acceptors (Lipinski definition) is 4. The van der Waals surface area contributed by atoms with Crippen LogP contribution in [0.3, 0.4) is 0 Å². The summed E-state index contributed by atoms with van der Waals surface area (Å²) in [5, 5.41) is 2.46. The molecular formula is C19H27ClFN3O. The Bertz CT molecular complexity index is 617. The van der Waals surface area contributed by atoms with Gasteiger partial charge in [0.1, 0.15) is 5.82 Å². The van der Waals surface area contributed by atoms with Crippen molar-refractivity contribution in [1.82, 2.24) is 10.3 Å². The molecule has 4 nitrogen and oxygen atoms in total. The van der Waals surface area contributed by atoms with Crippen molar-refractivity contribution >= 4 is 17.3 Å². The van der Waals surface area contributed by atoms with E-state index in [0.717, 1.165) is 44.8 Å². The lowest BCUT2D eigenvalue weighted by Crippen LogP contribution is -2.32. The molecule has 6 heteroatoms. The zero-order valence-corrected chi connectivity index (χ0v) is 15.6. The van der Waals surface area contributed by atoms with Gasteiger partial charge in [0.2, 0.25) is 0 Å². The first-order chi connectivity index (χ1) is 12.2. The maximum atomic E-state index is 13.3. The molecule has 1 aromatic rings. The maximum Gasteiger partial charge on any atom is 0.124 e. The molecule has 25 heavy (non-hydrogen) atoms. The lowest BCUT2D eigenvalue weighted by molar-refractivity contribution is 0.145. The molecule has 2 aliphatic rings. The highest BCUT2D eigenvalue weighted by Gasteiger charge is 2.25. The summed E-state index contributed by atoms with van der Waals surface area (Å²) in [6.45, 7) is 7.67. The van der Waals surface area contributed by atoms with E-state index in [1.807, 2.05) is 11.9 Å². The second-order valence-electron chi connectivity index (χ2n) is 6.66. The van der Waals surface area contributed by atoms with Crippen LogP contribution in [0, 0.1) is 5.82 Å². The first kappa shape index (κ1) is 18.5. The minimum absolute atomic E-state index is 0.310. The molecule has 0 atom stereocenters. The summed E-state index contributed by atoms with van der Waals surface area (Å²) in [6.07, 6.45) is 4.52. The van der Waals surface area contributed by atoms with E-state index in [-0.39, 0.29) is 5.82 Å². The van der Waals surface area contributed by atoms with Crippen molar-refractivity contribution in [3.8, 4) is 0 Å². The van der Waals surface area contributed by atoms with Crippen LogP contribution >= 0.6 is 11.6 Å². The number of benzene rings is 1. The normalized spacial score (nSPS) is 18.3. The standard InChI is InChI=1S/C19H27ClFN3O/c1-2-25-11-5-6-18-15(13-23-9-3-4-10-23)14-24(22-18)19-8-7-16(21)12-17(19)20/h7-8,12,22H,2-6,9-11,13-14H2,1H3. The molecule has 0 aliphatic carbocycles. The largest absolute Gasteiger partial charge is 0.382 e. The third kappa shape index (κ3) is 4.87. The summed E-state index contributed by atoms with van der Waals surface area (Å²) in [6, 6.07) is 4.56. The molecule has 1 fully saturated rings. The summed E-state index contributed by atoms with van der Waals surface area (Å²) in [4.78, 5) is 2.51. The highest BCUT2D eigenvalue weighted by Crippen LogP contribution is 2.30. The van der Waals surface area contributed by atoms with Gasteiger partial charge in [-0.2, -0.15) is 0 Å². The van der Waals surface area contributed by atoms with Gasteiger partial charge in [0.05, 0.1) is 17.3 Å². The van der Waals surface area contributed by atoms with Gasteiger partial charge in [-0.15, -0.1) is 0 Å². The van der Waals surface area contributed by atoms with Gasteiger partial charge in [0, 0.05) is 25.5 Å². The maximum absolute atomic E-state index is 13.3. The molecule has 138 valence electrons. The summed E-state index contributed by atoms with van der Waals surface area (Å²) in [7, 11) is 0. The first-order valence-electron chi connectivity index (χ1n) is 9.17. The topological polar surface area (TPSA) is 27.7 Å². The van der Waals surface area contributed by atoms with Gasteiger partial charge in [-0.25, -0.2) is 4.39 Å². The zero-order valence-electron chi connectivity index (χ0n) is 14.9. The van der Waals surface area contributed by atoms with Crippen LogP contribution in [0.25, 0.3) is 0 Å². The molecule has 2 aliphatic heterocycles. The van der Waals surface area contributed by atoms with E-state index in [4.69, 9.17) is 16.3 Å². The van der Waals surface area contributed by atoms with Crippen molar-refractivity contribution in [3.63, 3.8) is 0 Å². The van der Waals surface area contributed by atoms with Crippen molar-refractivity contribution in [2.45, 2.75) is 32.6 Å². The first-order valence-corrected chi connectivity index (χ1v) is 9.55. The van der Waals surface area contributed by atoms with Gasteiger partial charge in [0.25, 0.3) is 0 Å². The van der Waals surface area contributed by atoms with Crippen LogP contribution in [0.2, 0.25) is 5.02 Å². The van der Waals surface area contributed by atoms with Crippen molar-refractivity contribution < 1.29 is 9.13 Å². The van der Waals surface area contributed by atoms with Gasteiger partial charge in [-0.05, 0) is 69.5 Å². The van der Waals surface area contributed by atoms with Crippen LogP contribution < -0.4 is 10.4 Å². The Morgan fingerprint density at radius 3 is 2.80 bits per heavy atom. The van der Waals surface area contributed by atoms with Gasteiger partial charge in [-0.3, -0.25) is 9.91 Å². The monoisotopic (exact) mass is 367 g/mol. The quantitative estimate of drug-likeness (QED) is 0.703. The third-order valence-electron chi connectivity index (χ3n) is 4.78. The predicted octanol–water partition coefficient (Wildman–Crippen LogP) is 3.97. The van der Waals surface area contributed by atoms with Crippen molar-refractivity contribution in [1.29, 1.82) is 0 Å². The molecule has 3 rings (SSSR count). The fourth-order valence-electron chi connectivity index (χ4n) is 3.50. The highest BCUT2D eigenvalue weighted by atomic mass is 35.5. The van der Waals surface area contributed by atoms with Crippen molar-refractivity contribution in [3.05, 3.63) is 40.3 Å². The Hall–Kier alpha value is -1.30. The average Bonchev–Trinajstić information content (AvgIpc) is 3.22. The zero-order chi connectivity index (χ0) is 17.6. The predicted molar refractivity (Wildman–Crippen MR) is 100 cm³/mol. The Morgan fingerprint density at radius 1 is 1.28 bits per heavy atom. The average molecular weight is 368 g/mol. The number of rotatable bonds is 8. The van der Waals surface area contributed by atoms with Crippen LogP contribution in [0.15, 0.2) is 29.5 Å². The van der Waals surface area contributed by atoms with Crippen molar-refractivity contribution in [2.75, 3.05) is 44.4 Å². The number of anilines is 1. The Morgan fingerprint density at radius 2 is 2.08 bits per heavy atom. The number of halogens is 2. The van der Waals surface area contributed by atoms with Gasteiger partial charge < -0.3 is 10.2 Å². The number of allylic oxidation sites excluding steroid dienone is 1. The van der Waals surface area contributed by atoms with Gasteiger partial charge in [0.15, 0.2) is 0 Å². The van der Waals surface area contributed by atoms with E-state index in [1.54, 1.807) is 6.07 Å². The second kappa shape index (κ2) is 8.88. The Labute approximate surface area is 154 Å². The molecule has 1 N–H and O–H groups in total. The fraction of sp³-hybridized carbons (Fsp3) is 0.579. The van der Waals surface area contributed by atoms with E-state index >= 15 is 0 Å². The van der Waals surface area contributed by atoms with Crippen LogP contribution in [-0.4, -0.2) is 44.3 Å². The number of hydrazine groups is 1. The number of likely N-dealkylation sites (tertiary alicyclic amines) is 1. The minimum Gasteiger partial charge on any atom is -0.382 e. The fourth-order valence-corrected chi connectivity index (χ4v) is 3.77. The summed E-state index contributed by atoms with van der Waals surface area (Å²) < 4.78 is 18.8. The molecule has 0 bridgehead atoms. The lowest BCUT2D eigenvalue weighted by Gasteiger charge is -2.22. The Kier molecular flexibility index (Phi) is 6.57. The number of ether oxygens (including phenoxy) is 1. The lowest BCUT2D eigenvalue weighted by atomic mass is 10.1. The van der Waals surface area contributed by atoms with Crippen LogP contribution in [0.4, 0.5) is 10.1 Å². The van der Waals surface area contributed by atoms with E-state index in [9.17, 15) is 4.39 Å². The molecule has 0 radical (unpaired) electrons. The van der Waals surface area contributed by atoms with E-state index in [0.29, 0.717) is 5.02 Å². The van der Waals surface area contributed by atoms with E-state index in [1.165, 1.54) is 49.3 Å². The second-order valence-corrected chi connectivity index (χ2v) is 7.07. The van der Waals surface area contributed by atoms with Crippen LogP contribution in [0.1, 0.15) is 32.6 Å². The highest BCUT2D eigenvalue weighted by molar-refractivity contribution is 6.33. The number of hydrogen-bond donors (Lipinski definition) is 1. The summed E-state index contributed by atoms with van der Waals surface area (Å²) in [5.41, 5.74) is 6.97.